The van der Waals surface area contributed by atoms with Crippen molar-refractivity contribution >= 4 is 5.97 Å². The van der Waals surface area contributed by atoms with Gasteiger partial charge in [-0.05, 0) is 18.8 Å². The molecular weight excluding hydrogens is 152 g/mol. The first-order valence-corrected chi connectivity index (χ1v) is 4.80. The van der Waals surface area contributed by atoms with Crippen LogP contribution in [0.15, 0.2) is 0 Å². The Balaban J connectivity index is 2.74. The van der Waals surface area contributed by atoms with E-state index in [0.717, 1.165) is 12.8 Å². The molecule has 1 unspecified atom stereocenters. The van der Waals surface area contributed by atoms with Gasteiger partial charge in [0, 0.05) is 0 Å². The Morgan fingerprint density at radius 2 is 1.92 bits per heavy atom. The molecule has 0 amide bonds. The first-order valence-electron chi connectivity index (χ1n) is 4.80. The van der Waals surface area contributed by atoms with Crippen LogP contribution in [0, 0.1) is 11.8 Å². The molecule has 2 heteroatoms. The molecule has 0 saturated carbocycles. The van der Waals surface area contributed by atoms with Crippen LogP contribution in [-0.4, -0.2) is 11.6 Å². The smallest absolute Gasteiger partial charge is 0.313 e. The number of carbonyl (C=O) groups is 1. The van der Waals surface area contributed by atoms with E-state index in [0.29, 0.717) is 5.92 Å². The largest absolute Gasteiger partial charge is 0.458 e. The second-order valence-corrected chi connectivity index (χ2v) is 3.91. The van der Waals surface area contributed by atoms with Gasteiger partial charge in [0.05, 0.1) is 5.92 Å². The molecule has 0 aromatic rings. The van der Waals surface area contributed by atoms with E-state index in [1.807, 2.05) is 0 Å². The summed E-state index contributed by atoms with van der Waals surface area (Å²) in [4.78, 5) is 11.2. The minimum absolute atomic E-state index is 0.00583. The average Bonchev–Trinajstić information content (AvgIpc) is 1.98. The van der Waals surface area contributed by atoms with Crippen molar-refractivity contribution in [2.45, 2.75) is 46.1 Å². The average molecular weight is 170 g/mol. The zero-order valence-corrected chi connectivity index (χ0v) is 8.39. The molecule has 0 radical (unpaired) electrons. The van der Waals surface area contributed by atoms with Gasteiger partial charge in [-0.3, -0.25) is 4.79 Å². The Morgan fingerprint density at radius 1 is 1.42 bits per heavy atom. The van der Waals surface area contributed by atoms with E-state index in [1.54, 1.807) is 0 Å². The van der Waals surface area contributed by atoms with Crippen LogP contribution in [-0.2, 0) is 9.53 Å². The molecule has 1 saturated heterocycles. The lowest BCUT2D eigenvalue weighted by molar-refractivity contribution is -0.221. The van der Waals surface area contributed by atoms with Crippen LogP contribution >= 0.6 is 0 Å². The van der Waals surface area contributed by atoms with Crippen LogP contribution in [0.2, 0.25) is 0 Å². The quantitative estimate of drug-likeness (QED) is 0.608. The normalized spacial score (nSPS) is 26.8. The van der Waals surface area contributed by atoms with Crippen molar-refractivity contribution in [3.8, 4) is 0 Å². The fourth-order valence-corrected chi connectivity index (χ4v) is 2.20. The van der Waals surface area contributed by atoms with Crippen molar-refractivity contribution in [1.29, 1.82) is 0 Å². The maximum Gasteiger partial charge on any atom is 0.313 e. The van der Waals surface area contributed by atoms with Gasteiger partial charge in [-0.25, -0.2) is 0 Å². The number of ether oxygens (including phenoxy) is 1. The minimum atomic E-state index is -0.134. The van der Waals surface area contributed by atoms with Crippen molar-refractivity contribution in [3.05, 3.63) is 0 Å². The molecule has 12 heavy (non-hydrogen) atoms. The highest BCUT2D eigenvalue weighted by Crippen LogP contribution is 2.44. The lowest BCUT2D eigenvalue weighted by Crippen LogP contribution is -2.58. The van der Waals surface area contributed by atoms with Gasteiger partial charge in [-0.1, -0.05) is 27.7 Å². The third-order valence-electron chi connectivity index (χ3n) is 2.99. The fraction of sp³-hybridized carbons (Fsp3) is 0.900. The van der Waals surface area contributed by atoms with E-state index in [2.05, 4.69) is 27.7 Å². The highest BCUT2D eigenvalue weighted by molar-refractivity contribution is 5.80. The second-order valence-electron chi connectivity index (χ2n) is 3.91. The summed E-state index contributed by atoms with van der Waals surface area (Å²) in [6, 6.07) is 0. The maximum absolute atomic E-state index is 11.2. The van der Waals surface area contributed by atoms with E-state index in [-0.39, 0.29) is 17.5 Å². The topological polar surface area (TPSA) is 26.3 Å². The summed E-state index contributed by atoms with van der Waals surface area (Å²) in [6.07, 6.45) is 1.89. The minimum Gasteiger partial charge on any atom is -0.458 e. The van der Waals surface area contributed by atoms with Gasteiger partial charge in [-0.2, -0.15) is 0 Å². The van der Waals surface area contributed by atoms with Crippen LogP contribution in [0.1, 0.15) is 40.5 Å². The molecule has 1 fully saturated rings. The Hall–Kier alpha value is -0.530. The van der Waals surface area contributed by atoms with E-state index in [9.17, 15) is 4.79 Å². The predicted octanol–water partition coefficient (Wildman–Crippen LogP) is 2.37. The number of esters is 1. The van der Waals surface area contributed by atoms with Crippen molar-refractivity contribution in [2.75, 3.05) is 0 Å². The third kappa shape index (κ3) is 1.13. The first-order chi connectivity index (χ1) is 5.57. The molecule has 0 aromatic carbocycles. The summed E-state index contributed by atoms with van der Waals surface area (Å²) in [5.41, 5.74) is -0.134. The molecule has 0 aromatic heterocycles. The zero-order valence-electron chi connectivity index (χ0n) is 8.39. The zero-order chi connectivity index (χ0) is 9.35. The number of hydrogen-bond donors (Lipinski definition) is 0. The lowest BCUT2D eigenvalue weighted by atomic mass is 9.72. The second kappa shape index (κ2) is 3.08. The summed E-state index contributed by atoms with van der Waals surface area (Å²) >= 11 is 0. The van der Waals surface area contributed by atoms with E-state index < -0.39 is 0 Å². The Kier molecular flexibility index (Phi) is 2.45. The molecular formula is C10H18O2. The molecule has 0 spiro atoms. The number of hydrogen-bond acceptors (Lipinski definition) is 2. The summed E-state index contributed by atoms with van der Waals surface area (Å²) in [5, 5.41) is 0. The summed E-state index contributed by atoms with van der Waals surface area (Å²) < 4.78 is 5.26. The monoisotopic (exact) mass is 170 g/mol. The maximum atomic E-state index is 11.2. The van der Waals surface area contributed by atoms with Crippen molar-refractivity contribution in [2.24, 2.45) is 11.8 Å². The number of rotatable bonds is 3. The van der Waals surface area contributed by atoms with Gasteiger partial charge in [0.15, 0.2) is 0 Å². The number of carbonyl (C=O) groups excluding carboxylic acids is 1. The third-order valence-corrected chi connectivity index (χ3v) is 2.99. The lowest BCUT2D eigenvalue weighted by Gasteiger charge is -2.48. The highest BCUT2D eigenvalue weighted by Gasteiger charge is 2.55. The van der Waals surface area contributed by atoms with Crippen LogP contribution < -0.4 is 0 Å². The Morgan fingerprint density at radius 3 is 2.08 bits per heavy atom. The summed E-state index contributed by atoms with van der Waals surface area (Å²) in [6.45, 7) is 8.35. The summed E-state index contributed by atoms with van der Waals surface area (Å²) in [7, 11) is 0. The number of cyclic esters (lactones) is 1. The van der Waals surface area contributed by atoms with E-state index >= 15 is 0 Å². The molecule has 1 rings (SSSR count). The Labute approximate surface area is 74.3 Å². The van der Waals surface area contributed by atoms with Gasteiger partial charge in [0.25, 0.3) is 0 Å². The molecule has 1 aliphatic rings. The van der Waals surface area contributed by atoms with Gasteiger partial charge in [-0.15, -0.1) is 0 Å². The van der Waals surface area contributed by atoms with Crippen molar-refractivity contribution < 1.29 is 9.53 Å². The predicted molar refractivity (Wildman–Crippen MR) is 47.7 cm³/mol. The van der Waals surface area contributed by atoms with E-state index in [4.69, 9.17) is 4.74 Å². The molecule has 0 bridgehead atoms. The van der Waals surface area contributed by atoms with Gasteiger partial charge >= 0.3 is 5.97 Å². The van der Waals surface area contributed by atoms with Crippen LogP contribution in [0.5, 0.6) is 0 Å². The van der Waals surface area contributed by atoms with Crippen molar-refractivity contribution in [3.63, 3.8) is 0 Å². The molecule has 1 heterocycles. The SMILES string of the molecule is CCC1(CC)OC(=O)C1C(C)C. The molecule has 0 N–H and O–H groups in total. The van der Waals surface area contributed by atoms with Crippen LogP contribution in [0.25, 0.3) is 0 Å². The fourth-order valence-electron chi connectivity index (χ4n) is 2.20. The van der Waals surface area contributed by atoms with Crippen molar-refractivity contribution in [1.82, 2.24) is 0 Å². The van der Waals surface area contributed by atoms with Gasteiger partial charge < -0.3 is 4.74 Å². The van der Waals surface area contributed by atoms with Gasteiger partial charge in [0.1, 0.15) is 5.60 Å². The highest BCUT2D eigenvalue weighted by atomic mass is 16.6. The molecule has 1 aliphatic heterocycles. The van der Waals surface area contributed by atoms with E-state index in [1.165, 1.54) is 0 Å². The first kappa shape index (κ1) is 9.56. The summed E-state index contributed by atoms with van der Waals surface area (Å²) in [5.74, 6) is 0.535. The standard InChI is InChI=1S/C10H18O2/c1-5-10(6-2)8(7(3)4)9(11)12-10/h7-8H,5-6H2,1-4H3. The molecule has 1 atom stereocenters. The molecule has 2 nitrogen and oxygen atoms in total. The van der Waals surface area contributed by atoms with Crippen LogP contribution in [0.3, 0.4) is 0 Å². The molecule has 0 aliphatic carbocycles. The Bertz CT molecular complexity index is 180. The molecule has 70 valence electrons. The van der Waals surface area contributed by atoms with Gasteiger partial charge in [0.2, 0.25) is 0 Å². The van der Waals surface area contributed by atoms with Crippen LogP contribution in [0.4, 0.5) is 0 Å².